The van der Waals surface area contributed by atoms with E-state index in [9.17, 15) is 0 Å². The van der Waals surface area contributed by atoms with Crippen molar-refractivity contribution < 1.29 is 9.15 Å². The van der Waals surface area contributed by atoms with Crippen molar-refractivity contribution in [1.82, 2.24) is 4.90 Å². The molecule has 1 aliphatic carbocycles. The number of nitrogens with two attached hydrogens (primary N) is 1. The van der Waals surface area contributed by atoms with Gasteiger partial charge in [0.2, 0.25) is 0 Å². The molecule has 4 nitrogen and oxygen atoms in total. The van der Waals surface area contributed by atoms with Gasteiger partial charge in [0.15, 0.2) is 0 Å². The fourth-order valence-electron chi connectivity index (χ4n) is 3.10. The molecule has 1 saturated carbocycles. The van der Waals surface area contributed by atoms with E-state index in [1.165, 1.54) is 5.56 Å². The first-order valence-electron chi connectivity index (χ1n) is 7.08. The highest BCUT2D eigenvalue weighted by atomic mass is 16.5. The van der Waals surface area contributed by atoms with E-state index in [0.29, 0.717) is 12.6 Å². The van der Waals surface area contributed by atoms with E-state index in [-0.39, 0.29) is 5.54 Å². The summed E-state index contributed by atoms with van der Waals surface area (Å²) in [6.07, 6.45) is 6.58. The number of methoxy groups -OCH3 is 1. The van der Waals surface area contributed by atoms with Crippen LogP contribution >= 0.6 is 0 Å². The number of aryl methyl sites for hydroxylation is 1. The number of hydrogen-bond donors (Lipinski definition) is 1. The van der Waals surface area contributed by atoms with E-state index in [0.717, 1.165) is 38.0 Å². The lowest BCUT2D eigenvalue weighted by atomic mass is 9.79. The normalized spacial score (nSPS) is 27.9. The van der Waals surface area contributed by atoms with Crippen LogP contribution in [0.4, 0.5) is 0 Å². The Morgan fingerprint density at radius 2 is 2.16 bits per heavy atom. The number of likely N-dealkylation sites (N-methyl/N-ethyl adjacent to an activating group) is 1. The van der Waals surface area contributed by atoms with Crippen molar-refractivity contribution in [3.05, 3.63) is 23.7 Å². The molecule has 0 aliphatic heterocycles. The Labute approximate surface area is 115 Å². The van der Waals surface area contributed by atoms with Crippen LogP contribution < -0.4 is 5.73 Å². The topological polar surface area (TPSA) is 51.6 Å². The van der Waals surface area contributed by atoms with Crippen LogP contribution in [0.3, 0.4) is 0 Å². The lowest BCUT2D eigenvalue weighted by Gasteiger charge is -2.45. The summed E-state index contributed by atoms with van der Waals surface area (Å²) in [5.74, 6) is 1.00. The van der Waals surface area contributed by atoms with Crippen LogP contribution in [-0.2, 0) is 11.3 Å². The molecule has 1 fully saturated rings. The summed E-state index contributed by atoms with van der Waals surface area (Å²) in [5.41, 5.74) is 7.45. The smallest absolute Gasteiger partial charge is 0.105 e. The highest BCUT2D eigenvalue weighted by molar-refractivity contribution is 5.16. The molecule has 0 bridgehead atoms. The zero-order chi connectivity index (χ0) is 13.9. The predicted octanol–water partition coefficient (Wildman–Crippen LogP) is 2.31. The Morgan fingerprint density at radius 3 is 2.63 bits per heavy atom. The molecule has 0 radical (unpaired) electrons. The van der Waals surface area contributed by atoms with E-state index < -0.39 is 0 Å². The molecule has 0 aromatic carbocycles. The second-order valence-electron chi connectivity index (χ2n) is 5.72. The summed E-state index contributed by atoms with van der Waals surface area (Å²) in [7, 11) is 3.98. The van der Waals surface area contributed by atoms with Gasteiger partial charge in [0, 0.05) is 31.3 Å². The minimum Gasteiger partial charge on any atom is -0.469 e. The summed E-state index contributed by atoms with van der Waals surface area (Å²) in [6, 6.07) is 2.05. The molecule has 0 amide bonds. The molecule has 0 unspecified atom stereocenters. The van der Waals surface area contributed by atoms with Crippen LogP contribution in [0.2, 0.25) is 0 Å². The summed E-state index contributed by atoms with van der Waals surface area (Å²) in [4.78, 5) is 2.40. The molecule has 0 atom stereocenters. The molecule has 4 heteroatoms. The van der Waals surface area contributed by atoms with Gasteiger partial charge in [-0.1, -0.05) is 0 Å². The maximum absolute atomic E-state index is 6.09. The molecular weight excluding hydrogens is 240 g/mol. The molecule has 0 spiro atoms. The predicted molar refractivity (Wildman–Crippen MR) is 76.0 cm³/mol. The van der Waals surface area contributed by atoms with Gasteiger partial charge in [0.1, 0.15) is 5.76 Å². The van der Waals surface area contributed by atoms with Gasteiger partial charge in [-0.05, 0) is 45.7 Å². The molecular formula is C15H26N2O2. The fourth-order valence-corrected chi connectivity index (χ4v) is 3.10. The Morgan fingerprint density at radius 1 is 1.47 bits per heavy atom. The lowest BCUT2D eigenvalue weighted by Crippen LogP contribution is -2.54. The van der Waals surface area contributed by atoms with Crippen molar-refractivity contribution in [3.63, 3.8) is 0 Å². The zero-order valence-electron chi connectivity index (χ0n) is 12.3. The molecule has 1 heterocycles. The quantitative estimate of drug-likeness (QED) is 0.888. The third kappa shape index (κ3) is 3.02. The molecule has 0 saturated heterocycles. The molecule has 2 N–H and O–H groups in total. The van der Waals surface area contributed by atoms with Gasteiger partial charge in [-0.3, -0.25) is 4.90 Å². The standard InChI is InChI=1S/C15H26N2O2/c1-12-13(6-9-19-12)10-17(2)15(11-16)7-4-14(18-3)5-8-15/h6,9,14H,4-5,7-8,10-11,16H2,1-3H3. The van der Waals surface area contributed by atoms with Crippen LogP contribution in [0.15, 0.2) is 16.7 Å². The third-order valence-electron chi connectivity index (χ3n) is 4.76. The van der Waals surface area contributed by atoms with E-state index in [1.54, 1.807) is 13.4 Å². The first-order chi connectivity index (χ1) is 9.11. The Kier molecular flexibility index (Phi) is 4.66. The van der Waals surface area contributed by atoms with Gasteiger partial charge in [0.05, 0.1) is 12.4 Å². The molecule has 108 valence electrons. The summed E-state index contributed by atoms with van der Waals surface area (Å²) < 4.78 is 10.8. The van der Waals surface area contributed by atoms with Gasteiger partial charge in [-0.2, -0.15) is 0 Å². The first kappa shape index (κ1) is 14.6. The summed E-state index contributed by atoms with van der Waals surface area (Å²) in [5, 5.41) is 0. The average molecular weight is 266 g/mol. The second kappa shape index (κ2) is 6.07. The van der Waals surface area contributed by atoms with E-state index in [1.807, 2.05) is 6.92 Å². The van der Waals surface area contributed by atoms with Gasteiger partial charge in [0.25, 0.3) is 0 Å². The van der Waals surface area contributed by atoms with Gasteiger partial charge in [-0.15, -0.1) is 0 Å². The molecule has 1 aromatic rings. The summed E-state index contributed by atoms with van der Waals surface area (Å²) in [6.45, 7) is 3.62. The average Bonchev–Trinajstić information content (AvgIpc) is 2.84. The van der Waals surface area contributed by atoms with Crippen LogP contribution in [0.25, 0.3) is 0 Å². The highest BCUT2D eigenvalue weighted by Gasteiger charge is 2.37. The maximum atomic E-state index is 6.09. The zero-order valence-corrected chi connectivity index (χ0v) is 12.3. The number of hydrogen-bond acceptors (Lipinski definition) is 4. The van der Waals surface area contributed by atoms with Crippen LogP contribution in [0.5, 0.6) is 0 Å². The number of furan rings is 1. The monoisotopic (exact) mass is 266 g/mol. The lowest BCUT2D eigenvalue weighted by molar-refractivity contribution is 0.000375. The fraction of sp³-hybridized carbons (Fsp3) is 0.733. The van der Waals surface area contributed by atoms with Crippen LogP contribution in [-0.4, -0.2) is 37.2 Å². The van der Waals surface area contributed by atoms with Gasteiger partial charge < -0.3 is 14.9 Å². The summed E-state index contributed by atoms with van der Waals surface area (Å²) >= 11 is 0. The molecule has 1 aliphatic rings. The van der Waals surface area contributed by atoms with Gasteiger partial charge in [-0.25, -0.2) is 0 Å². The van der Waals surface area contributed by atoms with E-state index >= 15 is 0 Å². The van der Waals surface area contributed by atoms with Crippen molar-refractivity contribution in [3.8, 4) is 0 Å². The van der Waals surface area contributed by atoms with Gasteiger partial charge >= 0.3 is 0 Å². The largest absolute Gasteiger partial charge is 0.469 e. The van der Waals surface area contributed by atoms with Crippen LogP contribution in [0, 0.1) is 6.92 Å². The van der Waals surface area contributed by atoms with Crippen molar-refractivity contribution in [2.75, 3.05) is 20.7 Å². The second-order valence-corrected chi connectivity index (χ2v) is 5.72. The first-order valence-corrected chi connectivity index (χ1v) is 7.08. The van der Waals surface area contributed by atoms with Crippen molar-refractivity contribution >= 4 is 0 Å². The number of nitrogens with zero attached hydrogens (tertiary/aromatic N) is 1. The van der Waals surface area contributed by atoms with E-state index in [4.69, 9.17) is 14.9 Å². The Balaban J connectivity index is 2.03. The minimum atomic E-state index is 0.110. The SMILES string of the molecule is COC1CCC(CN)(N(C)Cc2ccoc2C)CC1. The third-order valence-corrected chi connectivity index (χ3v) is 4.76. The minimum absolute atomic E-state index is 0.110. The Hall–Kier alpha value is -0.840. The van der Waals surface area contributed by atoms with E-state index in [2.05, 4.69) is 18.0 Å². The maximum Gasteiger partial charge on any atom is 0.105 e. The Bertz CT molecular complexity index is 395. The van der Waals surface area contributed by atoms with Crippen LogP contribution in [0.1, 0.15) is 37.0 Å². The molecule has 2 rings (SSSR count). The van der Waals surface area contributed by atoms with Crippen molar-refractivity contribution in [2.24, 2.45) is 5.73 Å². The van der Waals surface area contributed by atoms with Crippen molar-refractivity contribution in [2.45, 2.75) is 50.8 Å². The molecule has 19 heavy (non-hydrogen) atoms. The number of ether oxygens (including phenoxy) is 1. The van der Waals surface area contributed by atoms with Crippen molar-refractivity contribution in [1.29, 1.82) is 0 Å². The number of rotatable bonds is 5. The molecule has 1 aromatic heterocycles. The highest BCUT2D eigenvalue weighted by Crippen LogP contribution is 2.34.